The molecule has 0 aliphatic heterocycles. The van der Waals surface area contributed by atoms with Crippen LogP contribution in [0.25, 0.3) is 0 Å². The normalized spacial score (nSPS) is 13.4. The van der Waals surface area contributed by atoms with Crippen molar-refractivity contribution in [2.45, 2.75) is 39.8 Å². The van der Waals surface area contributed by atoms with Crippen LogP contribution < -0.4 is 11.1 Å². The topological polar surface area (TPSA) is 64.3 Å². The number of nitrogens with one attached hydrogen (secondary N) is 1. The van der Waals surface area contributed by atoms with Crippen LogP contribution in [0.1, 0.15) is 27.7 Å². The molecule has 1 atom stereocenters. The molecule has 84 valence electrons. The summed E-state index contributed by atoms with van der Waals surface area (Å²) in [6.45, 7) is 8.43. The van der Waals surface area contributed by atoms with Crippen LogP contribution in [0.3, 0.4) is 0 Å². The fraction of sp³-hybridized carbons (Fsp3) is 0.900. The van der Waals surface area contributed by atoms with Crippen molar-refractivity contribution in [2.24, 2.45) is 11.7 Å². The molecule has 0 radical (unpaired) electrons. The summed E-state index contributed by atoms with van der Waals surface area (Å²) in [4.78, 5) is 11.3. The highest BCUT2D eigenvalue weighted by atomic mass is 16.5. The maximum absolute atomic E-state index is 11.3. The Balaban J connectivity index is 3.79. The van der Waals surface area contributed by atoms with Crippen LogP contribution in [0.2, 0.25) is 0 Å². The Kier molecular flexibility index (Phi) is 6.49. The van der Waals surface area contributed by atoms with Gasteiger partial charge in [0, 0.05) is 12.6 Å². The molecule has 4 nitrogen and oxygen atoms in total. The van der Waals surface area contributed by atoms with E-state index >= 15 is 0 Å². The maximum atomic E-state index is 11.3. The predicted molar refractivity (Wildman–Crippen MR) is 56.9 cm³/mol. The second-order valence-electron chi connectivity index (χ2n) is 4.01. The van der Waals surface area contributed by atoms with Gasteiger partial charge in [0.15, 0.2) is 0 Å². The molecule has 4 heteroatoms. The van der Waals surface area contributed by atoms with Gasteiger partial charge in [0.25, 0.3) is 0 Å². The summed E-state index contributed by atoms with van der Waals surface area (Å²) in [7, 11) is 0. The molecule has 1 unspecified atom stereocenters. The maximum Gasteiger partial charge on any atom is 0.246 e. The van der Waals surface area contributed by atoms with Gasteiger partial charge in [0.2, 0.25) is 5.91 Å². The highest BCUT2D eigenvalue weighted by Gasteiger charge is 2.14. The molecule has 0 aliphatic rings. The zero-order valence-corrected chi connectivity index (χ0v) is 9.54. The molecule has 0 aliphatic carbocycles. The highest BCUT2D eigenvalue weighted by Crippen LogP contribution is 1.99. The van der Waals surface area contributed by atoms with E-state index in [4.69, 9.17) is 10.5 Å². The van der Waals surface area contributed by atoms with Gasteiger partial charge in [-0.2, -0.15) is 0 Å². The van der Waals surface area contributed by atoms with Gasteiger partial charge in [0.05, 0.1) is 6.10 Å². The molecule has 0 heterocycles. The van der Waals surface area contributed by atoms with Crippen molar-refractivity contribution >= 4 is 5.91 Å². The molecule has 0 spiro atoms. The minimum Gasteiger partial charge on any atom is -0.369 e. The fourth-order valence-electron chi connectivity index (χ4n) is 0.989. The molecule has 0 aromatic heterocycles. The average Bonchev–Trinajstić information content (AvgIpc) is 2.10. The van der Waals surface area contributed by atoms with E-state index < -0.39 is 0 Å². The zero-order valence-electron chi connectivity index (χ0n) is 9.54. The van der Waals surface area contributed by atoms with Crippen LogP contribution in [-0.4, -0.2) is 31.2 Å². The van der Waals surface area contributed by atoms with Gasteiger partial charge in [-0.05, 0) is 19.8 Å². The predicted octanol–water partition coefficient (Wildman–Crippen LogP) is 0.511. The van der Waals surface area contributed by atoms with E-state index in [2.05, 4.69) is 5.32 Å². The molecule has 0 bridgehead atoms. The van der Waals surface area contributed by atoms with Gasteiger partial charge in [-0.25, -0.2) is 0 Å². The molecule has 0 aromatic rings. The van der Waals surface area contributed by atoms with Crippen molar-refractivity contribution < 1.29 is 9.53 Å². The summed E-state index contributed by atoms with van der Waals surface area (Å²) in [5.41, 5.74) is 5.52. The molecular formula is C10H22N2O2. The summed E-state index contributed by atoms with van der Waals surface area (Å²) in [6, 6.07) is 0.0401. The van der Waals surface area contributed by atoms with Crippen LogP contribution in [0.15, 0.2) is 0 Å². The summed E-state index contributed by atoms with van der Waals surface area (Å²) in [5.74, 6) is 0.255. The van der Waals surface area contributed by atoms with Gasteiger partial charge < -0.3 is 15.8 Å². The first-order valence-corrected chi connectivity index (χ1v) is 5.08. The Morgan fingerprint density at radius 1 is 1.36 bits per heavy atom. The lowest BCUT2D eigenvalue weighted by Gasteiger charge is -2.20. The number of nitrogens with two attached hydrogens (primary N) is 1. The average molecular weight is 202 g/mol. The monoisotopic (exact) mass is 202 g/mol. The minimum atomic E-state index is -0.0946. The Morgan fingerprint density at radius 2 is 1.93 bits per heavy atom. The van der Waals surface area contributed by atoms with Crippen LogP contribution in [0, 0.1) is 5.92 Å². The standard InChI is InChI=1S/C10H22N2O2/c1-7(2)9(5-11)12-10(13)6-14-8(3)4/h7-9H,5-6,11H2,1-4H3,(H,12,13). The van der Waals surface area contributed by atoms with E-state index in [0.717, 1.165) is 0 Å². The number of carbonyl (C=O) groups is 1. The molecule has 14 heavy (non-hydrogen) atoms. The highest BCUT2D eigenvalue weighted by molar-refractivity contribution is 5.77. The van der Waals surface area contributed by atoms with Crippen molar-refractivity contribution in [3.63, 3.8) is 0 Å². The molecule has 0 rings (SSSR count). The van der Waals surface area contributed by atoms with Gasteiger partial charge in [-0.15, -0.1) is 0 Å². The van der Waals surface area contributed by atoms with Crippen molar-refractivity contribution in [1.29, 1.82) is 0 Å². The van der Waals surface area contributed by atoms with Gasteiger partial charge >= 0.3 is 0 Å². The van der Waals surface area contributed by atoms with E-state index in [1.807, 2.05) is 27.7 Å². The number of rotatable bonds is 6. The lowest BCUT2D eigenvalue weighted by Crippen LogP contribution is -2.45. The first kappa shape index (κ1) is 13.4. The Labute approximate surface area is 86.2 Å². The Morgan fingerprint density at radius 3 is 2.29 bits per heavy atom. The first-order chi connectivity index (χ1) is 6.47. The lowest BCUT2D eigenvalue weighted by molar-refractivity contribution is -0.128. The van der Waals surface area contributed by atoms with Crippen LogP contribution in [0.5, 0.6) is 0 Å². The lowest BCUT2D eigenvalue weighted by atomic mass is 10.1. The van der Waals surface area contributed by atoms with Crippen LogP contribution in [0.4, 0.5) is 0 Å². The van der Waals surface area contributed by atoms with E-state index in [1.165, 1.54) is 0 Å². The Bertz CT molecular complexity index is 170. The summed E-state index contributed by atoms with van der Waals surface area (Å²) in [6.07, 6.45) is 0.0797. The van der Waals surface area contributed by atoms with E-state index in [0.29, 0.717) is 12.5 Å². The van der Waals surface area contributed by atoms with Gasteiger partial charge in [-0.3, -0.25) is 4.79 Å². The number of hydrogen-bond acceptors (Lipinski definition) is 3. The van der Waals surface area contributed by atoms with Gasteiger partial charge in [-0.1, -0.05) is 13.8 Å². The van der Waals surface area contributed by atoms with Crippen molar-refractivity contribution in [1.82, 2.24) is 5.32 Å². The molecule has 0 saturated carbocycles. The van der Waals surface area contributed by atoms with Crippen LogP contribution in [-0.2, 0) is 9.53 Å². The number of hydrogen-bond donors (Lipinski definition) is 2. The molecule has 0 saturated heterocycles. The quantitative estimate of drug-likeness (QED) is 0.659. The summed E-state index contributed by atoms with van der Waals surface area (Å²) >= 11 is 0. The van der Waals surface area contributed by atoms with E-state index in [-0.39, 0.29) is 24.7 Å². The number of carbonyl (C=O) groups excluding carboxylic acids is 1. The third-order valence-corrected chi connectivity index (χ3v) is 1.95. The van der Waals surface area contributed by atoms with Crippen molar-refractivity contribution in [3.05, 3.63) is 0 Å². The minimum absolute atomic E-state index is 0.0401. The zero-order chi connectivity index (χ0) is 11.1. The molecule has 1 amide bonds. The smallest absolute Gasteiger partial charge is 0.246 e. The molecule has 0 fully saturated rings. The second-order valence-corrected chi connectivity index (χ2v) is 4.01. The molecular weight excluding hydrogens is 180 g/mol. The fourth-order valence-corrected chi connectivity index (χ4v) is 0.989. The molecule has 0 aromatic carbocycles. The van der Waals surface area contributed by atoms with Crippen molar-refractivity contribution in [3.8, 4) is 0 Å². The van der Waals surface area contributed by atoms with Gasteiger partial charge in [0.1, 0.15) is 6.61 Å². The first-order valence-electron chi connectivity index (χ1n) is 5.08. The Hall–Kier alpha value is -0.610. The van der Waals surface area contributed by atoms with Crippen molar-refractivity contribution in [2.75, 3.05) is 13.2 Å². The largest absolute Gasteiger partial charge is 0.369 e. The van der Waals surface area contributed by atoms with E-state index in [1.54, 1.807) is 0 Å². The second kappa shape index (κ2) is 6.79. The van der Waals surface area contributed by atoms with Crippen LogP contribution >= 0.6 is 0 Å². The molecule has 3 N–H and O–H groups in total. The summed E-state index contributed by atoms with van der Waals surface area (Å²) in [5, 5.41) is 2.83. The van der Waals surface area contributed by atoms with E-state index in [9.17, 15) is 4.79 Å². The summed E-state index contributed by atoms with van der Waals surface area (Å²) < 4.78 is 5.18. The number of ether oxygens (including phenoxy) is 1. The third kappa shape index (κ3) is 5.94. The SMILES string of the molecule is CC(C)OCC(=O)NC(CN)C(C)C. The third-order valence-electron chi connectivity index (χ3n) is 1.95. The number of amides is 1.